The first-order chi connectivity index (χ1) is 8.83. The molecule has 3 nitrogen and oxygen atoms in total. The van der Waals surface area contributed by atoms with E-state index in [2.05, 4.69) is 29.4 Å². The van der Waals surface area contributed by atoms with E-state index in [1.165, 1.54) is 5.56 Å². The predicted octanol–water partition coefficient (Wildman–Crippen LogP) is 1.67. The van der Waals surface area contributed by atoms with Gasteiger partial charge >= 0.3 is 7.05 Å². The monoisotopic (exact) mass is 236 g/mol. The molecule has 0 radical (unpaired) electrons. The fraction of sp³-hybridized carbons (Fsp3) is 0.0714. The second-order valence-electron chi connectivity index (χ2n) is 4.35. The number of amidine groups is 1. The molecule has 1 heterocycles. The topological polar surface area (TPSA) is 33.6 Å². The van der Waals surface area contributed by atoms with Crippen molar-refractivity contribution >= 4 is 18.3 Å². The summed E-state index contributed by atoms with van der Waals surface area (Å²) in [5.74, 6) is 0.781. The zero-order valence-corrected chi connectivity index (χ0v) is 10.1. The normalized spacial score (nSPS) is 13.8. The molecule has 0 fully saturated rings. The average molecular weight is 236 g/mol. The summed E-state index contributed by atoms with van der Waals surface area (Å²) in [7, 11) is -0.192. The van der Waals surface area contributed by atoms with Gasteiger partial charge in [0.25, 0.3) is 0 Å². The molecule has 0 amide bonds. The predicted molar refractivity (Wildman–Crippen MR) is 73.8 cm³/mol. The number of rotatable bonds is 2. The fourth-order valence-corrected chi connectivity index (χ4v) is 1.90. The van der Waals surface area contributed by atoms with E-state index in [-0.39, 0.29) is 7.05 Å². The van der Waals surface area contributed by atoms with Crippen LogP contribution in [0.4, 0.5) is 0 Å². The maximum atomic E-state index is 5.41. The minimum Gasteiger partial charge on any atom is -0.433 e. The Hall–Kier alpha value is -2.23. The first kappa shape index (κ1) is 10.9. The zero-order valence-electron chi connectivity index (χ0n) is 10.1. The molecule has 0 spiro atoms. The summed E-state index contributed by atoms with van der Waals surface area (Å²) < 4.78 is 5.41. The van der Waals surface area contributed by atoms with Crippen LogP contribution in [0.2, 0.25) is 0 Å². The number of nitrogens with one attached hydrogen (secondary N) is 1. The van der Waals surface area contributed by atoms with Crippen molar-refractivity contribution in [3.05, 3.63) is 65.7 Å². The van der Waals surface area contributed by atoms with Gasteiger partial charge in [0.1, 0.15) is 0 Å². The lowest BCUT2D eigenvalue weighted by atomic mass is 9.74. The van der Waals surface area contributed by atoms with Crippen molar-refractivity contribution in [3.63, 3.8) is 0 Å². The van der Waals surface area contributed by atoms with Crippen molar-refractivity contribution in [2.45, 2.75) is 6.92 Å². The largest absolute Gasteiger partial charge is 0.543 e. The number of aryl methyl sites for hydroxylation is 1. The van der Waals surface area contributed by atoms with Crippen LogP contribution in [0.5, 0.6) is 0 Å². The Kier molecular flexibility index (Phi) is 2.77. The highest BCUT2D eigenvalue weighted by Gasteiger charge is 2.29. The third-order valence-corrected chi connectivity index (χ3v) is 2.94. The van der Waals surface area contributed by atoms with E-state index in [1.807, 2.05) is 42.5 Å². The maximum absolute atomic E-state index is 5.41. The van der Waals surface area contributed by atoms with Crippen LogP contribution in [-0.2, 0) is 4.76 Å². The lowest BCUT2D eigenvalue weighted by Crippen LogP contribution is -2.44. The number of hydrogen-bond donors (Lipinski definition) is 1. The summed E-state index contributed by atoms with van der Waals surface area (Å²) in [5, 5.41) is 7.37. The summed E-state index contributed by atoms with van der Waals surface area (Å²) >= 11 is 0. The van der Waals surface area contributed by atoms with Crippen LogP contribution in [0.25, 0.3) is 0 Å². The van der Waals surface area contributed by atoms with Crippen LogP contribution in [0.1, 0.15) is 11.1 Å². The Morgan fingerprint density at radius 3 is 2.44 bits per heavy atom. The molecular weight excluding hydrogens is 223 g/mol. The van der Waals surface area contributed by atoms with Gasteiger partial charge in [0, 0.05) is 5.56 Å². The van der Waals surface area contributed by atoms with E-state index in [0.29, 0.717) is 0 Å². The van der Waals surface area contributed by atoms with Crippen LogP contribution in [0.15, 0.2) is 59.8 Å². The van der Waals surface area contributed by atoms with E-state index in [1.54, 1.807) is 0 Å². The van der Waals surface area contributed by atoms with Crippen molar-refractivity contribution in [2.75, 3.05) is 0 Å². The molecule has 2 aromatic carbocycles. The Morgan fingerprint density at radius 2 is 1.72 bits per heavy atom. The minimum atomic E-state index is -0.192. The lowest BCUT2D eigenvalue weighted by molar-refractivity contribution is 0.365. The van der Waals surface area contributed by atoms with Gasteiger partial charge in [0.15, 0.2) is 5.84 Å². The van der Waals surface area contributed by atoms with Crippen LogP contribution in [-0.4, -0.2) is 12.9 Å². The third-order valence-electron chi connectivity index (χ3n) is 2.94. The highest BCUT2D eigenvalue weighted by molar-refractivity contribution is 6.68. The van der Waals surface area contributed by atoms with E-state index >= 15 is 0 Å². The Balaban J connectivity index is 1.77. The van der Waals surface area contributed by atoms with Gasteiger partial charge < -0.3 is 9.98 Å². The molecule has 88 valence electrons. The van der Waals surface area contributed by atoms with Crippen molar-refractivity contribution in [1.82, 2.24) is 5.23 Å². The molecule has 1 N–H and O–H groups in total. The molecule has 0 bridgehead atoms. The van der Waals surface area contributed by atoms with Crippen molar-refractivity contribution in [2.24, 2.45) is 5.16 Å². The first-order valence-corrected chi connectivity index (χ1v) is 5.95. The van der Waals surface area contributed by atoms with Crippen LogP contribution < -0.4 is 10.7 Å². The van der Waals surface area contributed by atoms with E-state index < -0.39 is 0 Å². The first-order valence-electron chi connectivity index (χ1n) is 5.95. The standard InChI is InChI=1S/C14H13BN2O/c1-11-7-9-12(10-8-11)14-16-15(18-17-14)13-5-3-2-4-6-13/h2-10H,1H3,(H,16,17). The molecule has 0 aromatic heterocycles. The van der Waals surface area contributed by atoms with Gasteiger partial charge in [-0.2, -0.15) is 0 Å². The Morgan fingerprint density at radius 1 is 1.00 bits per heavy atom. The van der Waals surface area contributed by atoms with Gasteiger partial charge in [-0.05, 0) is 12.4 Å². The van der Waals surface area contributed by atoms with E-state index in [4.69, 9.17) is 4.76 Å². The molecular formula is C14H13BN2O. The van der Waals surface area contributed by atoms with E-state index in [0.717, 1.165) is 16.9 Å². The summed E-state index contributed by atoms with van der Waals surface area (Å²) in [5.41, 5.74) is 3.35. The summed E-state index contributed by atoms with van der Waals surface area (Å²) in [6.45, 7) is 2.07. The summed E-state index contributed by atoms with van der Waals surface area (Å²) in [4.78, 5) is 0. The maximum Gasteiger partial charge on any atom is 0.543 e. The molecule has 1 aliphatic rings. The van der Waals surface area contributed by atoms with Crippen molar-refractivity contribution < 1.29 is 4.76 Å². The van der Waals surface area contributed by atoms with Gasteiger partial charge in [0.2, 0.25) is 0 Å². The molecule has 0 saturated heterocycles. The highest BCUT2D eigenvalue weighted by Crippen LogP contribution is 2.07. The molecule has 0 aliphatic carbocycles. The molecule has 4 heteroatoms. The molecule has 18 heavy (non-hydrogen) atoms. The SMILES string of the molecule is Cc1ccc(C2=NOB(c3ccccc3)N2)cc1. The number of oxime groups is 1. The lowest BCUT2D eigenvalue weighted by Gasteiger charge is -2.05. The number of nitrogens with zero attached hydrogens (tertiary/aromatic N) is 1. The second-order valence-corrected chi connectivity index (χ2v) is 4.35. The van der Waals surface area contributed by atoms with Gasteiger partial charge in [-0.3, -0.25) is 0 Å². The van der Waals surface area contributed by atoms with Gasteiger partial charge in [-0.15, -0.1) is 0 Å². The Labute approximate surface area is 107 Å². The summed E-state index contributed by atoms with van der Waals surface area (Å²) in [6.07, 6.45) is 0. The molecule has 0 atom stereocenters. The zero-order chi connectivity index (χ0) is 12.4. The second kappa shape index (κ2) is 4.57. The van der Waals surface area contributed by atoms with E-state index in [9.17, 15) is 0 Å². The molecule has 2 aromatic rings. The molecule has 0 unspecified atom stereocenters. The van der Waals surface area contributed by atoms with Crippen LogP contribution in [0.3, 0.4) is 0 Å². The smallest absolute Gasteiger partial charge is 0.433 e. The van der Waals surface area contributed by atoms with Gasteiger partial charge in [-0.25, -0.2) is 0 Å². The summed E-state index contributed by atoms with van der Waals surface area (Å²) in [6, 6.07) is 18.2. The average Bonchev–Trinajstić information content (AvgIpc) is 2.90. The van der Waals surface area contributed by atoms with Crippen LogP contribution >= 0.6 is 0 Å². The van der Waals surface area contributed by atoms with Crippen LogP contribution in [0, 0.1) is 6.92 Å². The quantitative estimate of drug-likeness (QED) is 0.804. The number of hydrogen-bond acceptors (Lipinski definition) is 3. The fourth-order valence-electron chi connectivity index (χ4n) is 1.90. The number of benzene rings is 2. The minimum absolute atomic E-state index is 0.192. The van der Waals surface area contributed by atoms with Gasteiger partial charge in [-0.1, -0.05) is 65.3 Å². The molecule has 0 saturated carbocycles. The third kappa shape index (κ3) is 2.09. The Bertz CT molecular complexity index is 566. The molecule has 3 rings (SSSR count). The van der Waals surface area contributed by atoms with Crippen molar-refractivity contribution in [3.8, 4) is 0 Å². The molecule has 1 aliphatic heterocycles. The van der Waals surface area contributed by atoms with Gasteiger partial charge in [0.05, 0.1) is 0 Å². The highest BCUT2D eigenvalue weighted by atomic mass is 16.6. The van der Waals surface area contributed by atoms with Crippen molar-refractivity contribution in [1.29, 1.82) is 0 Å².